The molecule has 2 N–H and O–H groups in total. The zero-order valence-corrected chi connectivity index (χ0v) is 18.2. The van der Waals surface area contributed by atoms with Crippen LogP contribution in [0.3, 0.4) is 0 Å². The van der Waals surface area contributed by atoms with E-state index in [1.165, 1.54) is 19.2 Å². The van der Waals surface area contributed by atoms with Gasteiger partial charge in [0, 0.05) is 24.5 Å². The average molecular weight is 451 g/mol. The Bertz CT molecular complexity index is 1330. The summed E-state index contributed by atoms with van der Waals surface area (Å²) in [6.07, 6.45) is 3.81. The number of rotatable bonds is 8. The lowest BCUT2D eigenvalue weighted by Gasteiger charge is -2.09. The van der Waals surface area contributed by atoms with Gasteiger partial charge in [-0.2, -0.15) is 0 Å². The molecule has 8 nitrogen and oxygen atoms in total. The molecule has 0 fully saturated rings. The molecular weight excluding hydrogens is 428 g/mol. The molecule has 0 radical (unpaired) electrons. The van der Waals surface area contributed by atoms with Crippen LogP contribution in [0.5, 0.6) is 5.75 Å². The SMILES string of the molecule is CNS(=O)(=O)c1cccc(CNC(=O)c2cccc(OCc3cn4ccccc4n3)c2)c1. The number of benzene rings is 2. The monoisotopic (exact) mass is 450 g/mol. The summed E-state index contributed by atoms with van der Waals surface area (Å²) < 4.78 is 33.9. The van der Waals surface area contributed by atoms with Gasteiger partial charge in [-0.1, -0.05) is 24.3 Å². The molecule has 1 amide bonds. The number of carbonyl (C=O) groups excluding carboxylic acids is 1. The van der Waals surface area contributed by atoms with Crippen LogP contribution < -0.4 is 14.8 Å². The highest BCUT2D eigenvalue weighted by atomic mass is 32.2. The lowest BCUT2D eigenvalue weighted by Crippen LogP contribution is -2.23. The Morgan fingerprint density at radius 2 is 1.91 bits per heavy atom. The Balaban J connectivity index is 1.38. The van der Waals surface area contributed by atoms with E-state index in [1.54, 1.807) is 36.4 Å². The number of nitrogens with one attached hydrogen (secondary N) is 2. The van der Waals surface area contributed by atoms with Crippen molar-refractivity contribution in [2.24, 2.45) is 0 Å². The summed E-state index contributed by atoms with van der Waals surface area (Å²) in [7, 11) is -2.19. The fourth-order valence-electron chi connectivity index (χ4n) is 3.17. The summed E-state index contributed by atoms with van der Waals surface area (Å²) in [6.45, 7) is 0.470. The van der Waals surface area contributed by atoms with Crippen molar-refractivity contribution in [3.05, 3.63) is 95.9 Å². The Morgan fingerprint density at radius 1 is 1.06 bits per heavy atom. The van der Waals surface area contributed by atoms with Crippen LogP contribution in [0, 0.1) is 0 Å². The molecule has 0 aliphatic carbocycles. The van der Waals surface area contributed by atoms with Gasteiger partial charge >= 0.3 is 0 Å². The molecule has 32 heavy (non-hydrogen) atoms. The first-order chi connectivity index (χ1) is 15.4. The third-order valence-electron chi connectivity index (χ3n) is 4.83. The van der Waals surface area contributed by atoms with Crippen LogP contribution in [0.25, 0.3) is 5.65 Å². The Labute approximate surface area is 185 Å². The minimum Gasteiger partial charge on any atom is -0.487 e. The minimum atomic E-state index is -3.54. The molecule has 4 rings (SSSR count). The van der Waals surface area contributed by atoms with E-state index in [2.05, 4.69) is 15.0 Å². The Morgan fingerprint density at radius 3 is 2.72 bits per heavy atom. The summed E-state index contributed by atoms with van der Waals surface area (Å²) in [4.78, 5) is 17.2. The molecule has 0 bridgehead atoms. The van der Waals surface area contributed by atoms with Crippen LogP contribution in [0.1, 0.15) is 21.6 Å². The first-order valence-electron chi connectivity index (χ1n) is 9.91. The third kappa shape index (κ3) is 4.96. The van der Waals surface area contributed by atoms with Crippen molar-refractivity contribution in [1.29, 1.82) is 0 Å². The fraction of sp³-hybridized carbons (Fsp3) is 0.130. The van der Waals surface area contributed by atoms with E-state index in [0.29, 0.717) is 16.9 Å². The molecule has 0 saturated heterocycles. The first-order valence-corrected chi connectivity index (χ1v) is 11.4. The molecule has 4 aromatic rings. The van der Waals surface area contributed by atoms with Crippen LogP contribution in [0.15, 0.2) is 84.0 Å². The second-order valence-electron chi connectivity index (χ2n) is 7.05. The predicted molar refractivity (Wildman–Crippen MR) is 120 cm³/mol. The molecule has 2 aromatic heterocycles. The lowest BCUT2D eigenvalue weighted by atomic mass is 10.2. The third-order valence-corrected chi connectivity index (χ3v) is 6.24. The molecular formula is C23H22N4O4S. The molecule has 0 saturated carbocycles. The second kappa shape index (κ2) is 9.21. The highest BCUT2D eigenvalue weighted by Gasteiger charge is 2.12. The Hall–Kier alpha value is -3.69. The van der Waals surface area contributed by atoms with Gasteiger partial charge < -0.3 is 14.5 Å². The summed E-state index contributed by atoms with van der Waals surface area (Å²) in [5.74, 6) is 0.266. The van der Waals surface area contributed by atoms with Gasteiger partial charge in [-0.3, -0.25) is 4.79 Å². The van der Waals surface area contributed by atoms with Crippen LogP contribution in [-0.2, 0) is 23.2 Å². The van der Waals surface area contributed by atoms with Gasteiger partial charge in [0.25, 0.3) is 5.91 Å². The van der Waals surface area contributed by atoms with Gasteiger partial charge in [0.15, 0.2) is 0 Å². The van der Waals surface area contributed by atoms with Crippen LogP contribution in [0.2, 0.25) is 0 Å². The number of amides is 1. The van der Waals surface area contributed by atoms with Crippen molar-refractivity contribution in [1.82, 2.24) is 19.4 Å². The van der Waals surface area contributed by atoms with E-state index in [1.807, 2.05) is 35.0 Å². The highest BCUT2D eigenvalue weighted by molar-refractivity contribution is 7.89. The molecule has 0 aliphatic rings. The van der Waals surface area contributed by atoms with Crippen molar-refractivity contribution in [3.63, 3.8) is 0 Å². The maximum atomic E-state index is 12.6. The summed E-state index contributed by atoms with van der Waals surface area (Å²) in [5, 5.41) is 2.81. The molecule has 2 heterocycles. The standard InChI is InChI=1S/C23H22N4O4S/c1-24-32(29,30)21-9-4-6-17(12-21)14-25-23(28)18-7-5-8-20(13-18)31-16-19-15-27-11-3-2-10-22(27)26-19/h2-13,15,24H,14,16H2,1H3,(H,25,28). The maximum absolute atomic E-state index is 12.6. The quantitative estimate of drug-likeness (QED) is 0.430. The number of pyridine rings is 1. The molecule has 2 aromatic carbocycles. The van der Waals surface area contributed by atoms with Crippen molar-refractivity contribution < 1.29 is 17.9 Å². The number of nitrogens with zero attached hydrogens (tertiary/aromatic N) is 2. The van der Waals surface area contributed by atoms with E-state index in [9.17, 15) is 13.2 Å². The molecule has 164 valence electrons. The lowest BCUT2D eigenvalue weighted by molar-refractivity contribution is 0.0950. The largest absolute Gasteiger partial charge is 0.487 e. The number of aromatic nitrogens is 2. The molecule has 0 spiro atoms. The topological polar surface area (TPSA) is 102 Å². The Kier molecular flexibility index (Phi) is 6.20. The summed E-state index contributed by atoms with van der Waals surface area (Å²) in [6, 6.07) is 19.1. The van der Waals surface area contributed by atoms with Gasteiger partial charge in [0.05, 0.1) is 10.6 Å². The summed E-state index contributed by atoms with van der Waals surface area (Å²) in [5.41, 5.74) is 2.73. The van der Waals surface area contributed by atoms with Gasteiger partial charge in [-0.15, -0.1) is 0 Å². The smallest absolute Gasteiger partial charge is 0.251 e. The van der Waals surface area contributed by atoms with Gasteiger partial charge in [0.1, 0.15) is 18.0 Å². The van der Waals surface area contributed by atoms with Gasteiger partial charge in [0.2, 0.25) is 10.0 Å². The van der Waals surface area contributed by atoms with Crippen molar-refractivity contribution >= 4 is 21.6 Å². The predicted octanol–water partition coefficient (Wildman–Crippen LogP) is 2.75. The van der Waals surface area contributed by atoms with Crippen LogP contribution in [0.4, 0.5) is 0 Å². The highest BCUT2D eigenvalue weighted by Crippen LogP contribution is 2.16. The molecule has 0 atom stereocenters. The van der Waals surface area contributed by atoms with Gasteiger partial charge in [-0.05, 0) is 55.1 Å². The molecule has 9 heteroatoms. The van der Waals surface area contributed by atoms with Crippen LogP contribution in [-0.4, -0.2) is 30.8 Å². The number of sulfonamides is 1. The number of hydrogen-bond donors (Lipinski definition) is 2. The number of ether oxygens (including phenoxy) is 1. The molecule has 0 aliphatic heterocycles. The first kappa shape index (κ1) is 21.5. The zero-order chi connectivity index (χ0) is 22.6. The number of carbonyl (C=O) groups is 1. The second-order valence-corrected chi connectivity index (χ2v) is 8.94. The van der Waals surface area contributed by atoms with Crippen molar-refractivity contribution in [2.45, 2.75) is 18.0 Å². The van der Waals surface area contributed by atoms with Crippen molar-refractivity contribution in [3.8, 4) is 5.75 Å². The van der Waals surface area contributed by atoms with E-state index in [4.69, 9.17) is 4.74 Å². The fourth-order valence-corrected chi connectivity index (χ4v) is 3.97. The van der Waals surface area contributed by atoms with Crippen molar-refractivity contribution in [2.75, 3.05) is 7.05 Å². The number of hydrogen-bond acceptors (Lipinski definition) is 5. The summed E-state index contributed by atoms with van der Waals surface area (Å²) >= 11 is 0. The van der Waals surface area contributed by atoms with E-state index in [-0.39, 0.29) is 24.0 Å². The van der Waals surface area contributed by atoms with E-state index >= 15 is 0 Å². The molecule has 0 unspecified atom stereocenters. The van der Waals surface area contributed by atoms with Gasteiger partial charge in [-0.25, -0.2) is 18.1 Å². The number of imidazole rings is 1. The van der Waals surface area contributed by atoms with E-state index in [0.717, 1.165) is 11.3 Å². The minimum absolute atomic E-state index is 0.147. The van der Waals surface area contributed by atoms with E-state index < -0.39 is 10.0 Å². The van der Waals surface area contributed by atoms with Crippen LogP contribution >= 0.6 is 0 Å². The normalized spacial score (nSPS) is 11.4. The maximum Gasteiger partial charge on any atom is 0.251 e. The number of fused-ring (bicyclic) bond motifs is 1. The average Bonchev–Trinajstić information content (AvgIpc) is 3.25. The zero-order valence-electron chi connectivity index (χ0n) is 17.4.